The number of aromatic nitrogens is 1. The molecule has 0 radical (unpaired) electrons. The van der Waals surface area contributed by atoms with Crippen LogP contribution in [0.25, 0.3) is 0 Å². The van der Waals surface area contributed by atoms with Gasteiger partial charge in [-0.05, 0) is 25.0 Å². The molecule has 1 aromatic heterocycles. The summed E-state index contributed by atoms with van der Waals surface area (Å²) in [6.45, 7) is 7.33. The first-order valence-electron chi connectivity index (χ1n) is 5.08. The van der Waals surface area contributed by atoms with Gasteiger partial charge in [-0.25, -0.2) is 0 Å². The number of hydrogen-bond acceptors (Lipinski definition) is 3. The summed E-state index contributed by atoms with van der Waals surface area (Å²) in [6.07, 6.45) is 1.71. The van der Waals surface area contributed by atoms with Gasteiger partial charge in [0, 0.05) is 13.1 Å². The van der Waals surface area contributed by atoms with E-state index in [2.05, 4.69) is 4.98 Å². The van der Waals surface area contributed by atoms with E-state index < -0.39 is 5.60 Å². The van der Waals surface area contributed by atoms with E-state index in [4.69, 9.17) is 4.74 Å². The van der Waals surface area contributed by atoms with E-state index in [9.17, 15) is 4.79 Å². The molecule has 1 aromatic rings. The lowest BCUT2D eigenvalue weighted by Gasteiger charge is -2.32. The predicted molar refractivity (Wildman–Crippen MR) is 58.2 cm³/mol. The van der Waals surface area contributed by atoms with Gasteiger partial charge < -0.3 is 4.74 Å². The molecule has 3 heteroatoms. The van der Waals surface area contributed by atoms with E-state index in [1.807, 2.05) is 39.0 Å². The fourth-order valence-corrected chi connectivity index (χ4v) is 1.42. The Morgan fingerprint density at radius 3 is 2.53 bits per heavy atom. The Balaban J connectivity index is 3.07. The second-order valence-corrected chi connectivity index (χ2v) is 4.07. The molecular formula is C12H17NO2. The van der Waals surface area contributed by atoms with Crippen LogP contribution in [0.2, 0.25) is 0 Å². The van der Waals surface area contributed by atoms with Crippen LogP contribution in [0.3, 0.4) is 0 Å². The third-order valence-electron chi connectivity index (χ3n) is 2.63. The molecule has 1 atom stereocenters. The van der Waals surface area contributed by atoms with Gasteiger partial charge in [0.15, 0.2) is 5.60 Å². The zero-order chi connectivity index (χ0) is 11.5. The van der Waals surface area contributed by atoms with E-state index in [-0.39, 0.29) is 11.9 Å². The third-order valence-corrected chi connectivity index (χ3v) is 2.63. The standard InChI is InChI=1S/C12H17NO2/c1-9(2)12(4,15-10(3)14)11-7-5-6-8-13-11/h5-9H,1-4H3. The molecule has 0 spiro atoms. The van der Waals surface area contributed by atoms with Crippen LogP contribution in [0.1, 0.15) is 33.4 Å². The fourth-order valence-electron chi connectivity index (χ4n) is 1.42. The minimum absolute atomic E-state index is 0.177. The smallest absolute Gasteiger partial charge is 0.303 e. The van der Waals surface area contributed by atoms with E-state index in [1.54, 1.807) is 6.20 Å². The monoisotopic (exact) mass is 207 g/mol. The molecule has 1 heterocycles. The van der Waals surface area contributed by atoms with Crippen LogP contribution in [0.4, 0.5) is 0 Å². The average molecular weight is 207 g/mol. The number of pyridine rings is 1. The fraction of sp³-hybridized carbons (Fsp3) is 0.500. The number of hydrogen-bond donors (Lipinski definition) is 0. The average Bonchev–Trinajstić information content (AvgIpc) is 2.17. The van der Waals surface area contributed by atoms with Gasteiger partial charge in [0.2, 0.25) is 0 Å². The highest BCUT2D eigenvalue weighted by atomic mass is 16.6. The zero-order valence-electron chi connectivity index (χ0n) is 9.65. The minimum atomic E-state index is -0.646. The lowest BCUT2D eigenvalue weighted by molar-refractivity contribution is -0.162. The van der Waals surface area contributed by atoms with Gasteiger partial charge in [-0.2, -0.15) is 0 Å². The normalized spacial score (nSPS) is 14.7. The first kappa shape index (κ1) is 11.7. The summed E-state index contributed by atoms with van der Waals surface area (Å²) in [6, 6.07) is 5.62. The van der Waals surface area contributed by atoms with Crippen LogP contribution in [0.15, 0.2) is 24.4 Å². The van der Waals surface area contributed by atoms with Crippen molar-refractivity contribution in [2.24, 2.45) is 5.92 Å². The highest BCUT2D eigenvalue weighted by Gasteiger charge is 2.34. The number of rotatable bonds is 3. The quantitative estimate of drug-likeness (QED) is 0.715. The van der Waals surface area contributed by atoms with Crippen molar-refractivity contribution in [3.05, 3.63) is 30.1 Å². The van der Waals surface area contributed by atoms with Crippen molar-refractivity contribution in [3.8, 4) is 0 Å². The van der Waals surface area contributed by atoms with Crippen molar-refractivity contribution in [1.82, 2.24) is 4.98 Å². The summed E-state index contributed by atoms with van der Waals surface area (Å²) in [4.78, 5) is 15.3. The molecule has 82 valence electrons. The van der Waals surface area contributed by atoms with Crippen LogP contribution in [0, 0.1) is 5.92 Å². The second-order valence-electron chi connectivity index (χ2n) is 4.07. The molecule has 1 rings (SSSR count). The van der Waals surface area contributed by atoms with Gasteiger partial charge in [0.05, 0.1) is 5.69 Å². The zero-order valence-corrected chi connectivity index (χ0v) is 9.65. The summed E-state index contributed by atoms with van der Waals surface area (Å²) in [5.41, 5.74) is 0.141. The molecule has 0 aliphatic heterocycles. The molecule has 0 fully saturated rings. The lowest BCUT2D eigenvalue weighted by atomic mass is 9.88. The molecule has 0 aliphatic rings. The van der Waals surface area contributed by atoms with Crippen molar-refractivity contribution in [2.75, 3.05) is 0 Å². The summed E-state index contributed by atoms with van der Waals surface area (Å²) in [5.74, 6) is -0.104. The molecule has 3 nitrogen and oxygen atoms in total. The van der Waals surface area contributed by atoms with Gasteiger partial charge in [-0.1, -0.05) is 19.9 Å². The van der Waals surface area contributed by atoms with Crippen molar-refractivity contribution in [3.63, 3.8) is 0 Å². The van der Waals surface area contributed by atoms with Crippen molar-refractivity contribution in [2.45, 2.75) is 33.3 Å². The first-order valence-corrected chi connectivity index (χ1v) is 5.08. The summed E-state index contributed by atoms with van der Waals surface area (Å²) in [5, 5.41) is 0. The Labute approximate surface area is 90.5 Å². The SMILES string of the molecule is CC(=O)OC(C)(c1ccccn1)C(C)C. The van der Waals surface area contributed by atoms with E-state index in [0.29, 0.717) is 0 Å². The van der Waals surface area contributed by atoms with Crippen LogP contribution in [-0.2, 0) is 15.1 Å². The molecule has 0 saturated heterocycles. The Bertz CT molecular complexity index is 335. The molecule has 0 bridgehead atoms. The Morgan fingerprint density at radius 1 is 1.47 bits per heavy atom. The van der Waals surface area contributed by atoms with E-state index in [0.717, 1.165) is 5.69 Å². The number of esters is 1. The van der Waals surface area contributed by atoms with Gasteiger partial charge >= 0.3 is 5.97 Å². The minimum Gasteiger partial charge on any atom is -0.453 e. The largest absolute Gasteiger partial charge is 0.453 e. The number of carbonyl (C=O) groups excluding carboxylic acids is 1. The molecular weight excluding hydrogens is 190 g/mol. The lowest BCUT2D eigenvalue weighted by Crippen LogP contribution is -2.34. The summed E-state index contributed by atoms with van der Waals surface area (Å²) < 4.78 is 5.38. The maximum absolute atomic E-state index is 11.1. The maximum Gasteiger partial charge on any atom is 0.303 e. The topological polar surface area (TPSA) is 39.2 Å². The van der Waals surface area contributed by atoms with Crippen molar-refractivity contribution >= 4 is 5.97 Å². The summed E-state index contributed by atoms with van der Waals surface area (Å²) in [7, 11) is 0. The van der Waals surface area contributed by atoms with Crippen molar-refractivity contribution in [1.29, 1.82) is 0 Å². The highest BCUT2D eigenvalue weighted by Crippen LogP contribution is 2.31. The van der Waals surface area contributed by atoms with Crippen LogP contribution >= 0.6 is 0 Å². The Kier molecular flexibility index (Phi) is 3.45. The molecule has 0 aromatic carbocycles. The second kappa shape index (κ2) is 4.43. The highest BCUT2D eigenvalue weighted by molar-refractivity contribution is 5.66. The van der Waals surface area contributed by atoms with Gasteiger partial charge in [-0.15, -0.1) is 0 Å². The maximum atomic E-state index is 11.1. The van der Waals surface area contributed by atoms with E-state index >= 15 is 0 Å². The van der Waals surface area contributed by atoms with Gasteiger partial charge in [0.1, 0.15) is 0 Å². The van der Waals surface area contributed by atoms with Crippen LogP contribution in [0.5, 0.6) is 0 Å². The van der Waals surface area contributed by atoms with Gasteiger partial charge in [0.25, 0.3) is 0 Å². The molecule has 15 heavy (non-hydrogen) atoms. The van der Waals surface area contributed by atoms with Gasteiger partial charge in [-0.3, -0.25) is 9.78 Å². The number of carbonyl (C=O) groups is 1. The Hall–Kier alpha value is -1.38. The predicted octanol–water partition coefficient (Wildman–Crippen LogP) is 2.52. The molecule has 1 unspecified atom stereocenters. The number of nitrogens with zero attached hydrogens (tertiary/aromatic N) is 1. The molecule has 0 aliphatic carbocycles. The Morgan fingerprint density at radius 2 is 2.13 bits per heavy atom. The van der Waals surface area contributed by atoms with Crippen LogP contribution < -0.4 is 0 Å². The first-order chi connectivity index (χ1) is 6.97. The molecule has 0 N–H and O–H groups in total. The molecule has 0 saturated carbocycles. The number of ether oxygens (including phenoxy) is 1. The summed E-state index contributed by atoms with van der Waals surface area (Å²) >= 11 is 0. The van der Waals surface area contributed by atoms with Crippen molar-refractivity contribution < 1.29 is 9.53 Å². The van der Waals surface area contributed by atoms with Crippen LogP contribution in [-0.4, -0.2) is 11.0 Å². The third kappa shape index (κ3) is 2.55. The molecule has 0 amide bonds. The van der Waals surface area contributed by atoms with E-state index in [1.165, 1.54) is 6.92 Å².